The molecule has 5 unspecified atom stereocenters. The Bertz CT molecular complexity index is 2440. The van der Waals surface area contributed by atoms with Crippen LogP contribution in [-0.2, 0) is 65.4 Å². The van der Waals surface area contributed by atoms with Crippen LogP contribution in [0.4, 0.5) is 0 Å². The summed E-state index contributed by atoms with van der Waals surface area (Å²) in [5.41, 5.74) is 0. The van der Waals surface area contributed by atoms with Gasteiger partial charge in [-0.15, -0.1) is 0 Å². The molecule has 0 aromatic heterocycles. The number of phosphoric acid groups is 2. The van der Waals surface area contributed by atoms with Gasteiger partial charge in [-0.25, -0.2) is 9.13 Å². The molecule has 0 aromatic carbocycles. The van der Waals surface area contributed by atoms with E-state index < -0.39 is 97.5 Å². The van der Waals surface area contributed by atoms with Gasteiger partial charge in [0.25, 0.3) is 0 Å². The van der Waals surface area contributed by atoms with Crippen LogP contribution in [0.3, 0.4) is 0 Å². The highest BCUT2D eigenvalue weighted by molar-refractivity contribution is 7.47. The number of hydrogen-bond donors (Lipinski definition) is 3. The first kappa shape index (κ1) is 99.5. The van der Waals surface area contributed by atoms with Crippen molar-refractivity contribution >= 4 is 39.5 Å². The smallest absolute Gasteiger partial charge is 0.462 e. The van der Waals surface area contributed by atoms with Crippen LogP contribution < -0.4 is 0 Å². The summed E-state index contributed by atoms with van der Waals surface area (Å²) < 4.78 is 68.6. The normalized spacial score (nSPS) is 14.5. The van der Waals surface area contributed by atoms with Crippen molar-refractivity contribution in [3.63, 3.8) is 0 Å². The van der Waals surface area contributed by atoms with Crippen LogP contribution >= 0.6 is 15.6 Å². The molecule has 0 fully saturated rings. The second-order valence-corrected chi connectivity index (χ2v) is 29.8. The summed E-state index contributed by atoms with van der Waals surface area (Å²) in [6, 6.07) is 0. The highest BCUT2D eigenvalue weighted by atomic mass is 31.2. The van der Waals surface area contributed by atoms with Crippen LogP contribution in [0.25, 0.3) is 0 Å². The van der Waals surface area contributed by atoms with Crippen molar-refractivity contribution in [3.05, 3.63) is 122 Å². The molecule has 0 rings (SSSR count). The van der Waals surface area contributed by atoms with E-state index in [-0.39, 0.29) is 25.7 Å². The minimum Gasteiger partial charge on any atom is -0.462 e. The number of unbranched alkanes of at least 4 members (excludes halogenated alkanes) is 30. The molecular formula is C85H146O17P2. The van der Waals surface area contributed by atoms with Crippen LogP contribution in [0.2, 0.25) is 0 Å². The van der Waals surface area contributed by atoms with E-state index in [1.807, 2.05) is 0 Å². The summed E-state index contributed by atoms with van der Waals surface area (Å²) in [6.07, 6.45) is 84.5. The van der Waals surface area contributed by atoms with Crippen molar-refractivity contribution in [2.45, 2.75) is 354 Å². The van der Waals surface area contributed by atoms with E-state index in [0.717, 1.165) is 180 Å². The van der Waals surface area contributed by atoms with Gasteiger partial charge in [-0.05, 0) is 154 Å². The number of rotatable bonds is 76. The van der Waals surface area contributed by atoms with Crippen LogP contribution in [0, 0.1) is 0 Å². The first-order valence-electron chi connectivity index (χ1n) is 40.8. The van der Waals surface area contributed by atoms with E-state index in [9.17, 15) is 43.2 Å². The second kappa shape index (κ2) is 76.6. The molecule has 0 heterocycles. The highest BCUT2D eigenvalue weighted by Crippen LogP contribution is 2.45. The average molecular weight is 1500 g/mol. The number of aliphatic hydroxyl groups is 1. The predicted molar refractivity (Wildman–Crippen MR) is 427 cm³/mol. The van der Waals surface area contributed by atoms with Gasteiger partial charge in [0.2, 0.25) is 0 Å². The first-order valence-corrected chi connectivity index (χ1v) is 43.8. The molecule has 5 atom stereocenters. The summed E-state index contributed by atoms with van der Waals surface area (Å²) in [4.78, 5) is 73.1. The standard InChI is InChI=1S/C85H146O17P2/c1-5-9-13-17-21-25-29-33-37-39-43-46-50-54-58-62-66-70-83(88)96-76-81(102-85(90)72-68-64-60-56-52-48-44-40-38-34-30-26-22-18-14-10-6-2)78-100-104(93,94)98-74-79(86)73-97-103(91,92)99-77-80(101-84(89)71-67-63-59-55-51-47-42-36-32-28-24-20-16-12-8-4)75-95-82(87)69-65-61-57-53-49-45-41-35-31-27-23-19-15-11-7-3/h9-10,13-14,21-22,25-26,33-38,41-44,46,48,79-81,86H,5-8,11-12,15-20,23-24,27-32,39-40,45,47,49-78H2,1-4H3,(H,91,92)(H,93,94)/b13-9-,14-10-,25-21-,26-22-,37-33-,38-34-,41-35-,42-36-,46-43-,48-44-. The number of phosphoric ester groups is 2. The molecule has 0 aromatic rings. The van der Waals surface area contributed by atoms with Crippen LogP contribution in [0.5, 0.6) is 0 Å². The van der Waals surface area contributed by atoms with Crippen LogP contribution in [-0.4, -0.2) is 96.7 Å². The molecule has 19 heteroatoms. The lowest BCUT2D eigenvalue weighted by Crippen LogP contribution is -2.30. The molecule has 0 amide bonds. The lowest BCUT2D eigenvalue weighted by Gasteiger charge is -2.21. The van der Waals surface area contributed by atoms with Gasteiger partial charge in [-0.2, -0.15) is 0 Å². The zero-order valence-electron chi connectivity index (χ0n) is 65.4. The fourth-order valence-electron chi connectivity index (χ4n) is 10.7. The molecule has 17 nitrogen and oxygen atoms in total. The number of esters is 4. The van der Waals surface area contributed by atoms with Crippen molar-refractivity contribution < 1.29 is 80.2 Å². The van der Waals surface area contributed by atoms with Crippen LogP contribution in [0.1, 0.15) is 336 Å². The molecule has 0 saturated carbocycles. The predicted octanol–water partition coefficient (Wildman–Crippen LogP) is 23.9. The van der Waals surface area contributed by atoms with E-state index >= 15 is 0 Å². The number of hydrogen-bond acceptors (Lipinski definition) is 15. The van der Waals surface area contributed by atoms with E-state index in [1.165, 1.54) is 77.0 Å². The Balaban J connectivity index is 5.42. The third kappa shape index (κ3) is 75.7. The zero-order valence-corrected chi connectivity index (χ0v) is 67.2. The number of ether oxygens (including phenoxy) is 4. The third-order valence-corrected chi connectivity index (χ3v) is 18.8. The maximum atomic E-state index is 13.1. The highest BCUT2D eigenvalue weighted by Gasteiger charge is 2.30. The van der Waals surface area contributed by atoms with Crippen molar-refractivity contribution in [1.82, 2.24) is 0 Å². The van der Waals surface area contributed by atoms with Gasteiger partial charge in [0.05, 0.1) is 26.4 Å². The lowest BCUT2D eigenvalue weighted by molar-refractivity contribution is -0.161. The maximum absolute atomic E-state index is 13.1. The summed E-state index contributed by atoms with van der Waals surface area (Å²) in [6.45, 7) is 4.60. The van der Waals surface area contributed by atoms with Gasteiger partial charge in [-0.1, -0.05) is 278 Å². The minimum absolute atomic E-state index is 0.0585. The number of carbonyl (C=O) groups excluding carboxylic acids is 4. The summed E-state index contributed by atoms with van der Waals surface area (Å²) in [5, 5.41) is 10.7. The monoisotopic (exact) mass is 1500 g/mol. The number of carbonyl (C=O) groups is 4. The SMILES string of the molecule is CC/C=C\C/C=C\C/C=C\C/C=C\CCCCCCC(=O)OCC(COP(=O)(O)OCC(O)COP(=O)(O)OCC(COC(=O)CCCCCCC/C=C\CCCCCCCC)OC(=O)CCCCCCC/C=C\CCCCCCCC)OC(=O)CCCCCC/C=C\C/C=C\C/C=C\C/C=C\CC. The molecule has 104 heavy (non-hydrogen) atoms. The average Bonchev–Trinajstić information content (AvgIpc) is 0.926. The Morgan fingerprint density at radius 1 is 0.279 bits per heavy atom. The molecular weight excluding hydrogens is 1350 g/mol. The molecule has 0 bridgehead atoms. The van der Waals surface area contributed by atoms with E-state index in [2.05, 4.69) is 149 Å². The fraction of sp³-hybridized carbons (Fsp3) is 0.718. The molecule has 0 radical (unpaired) electrons. The second-order valence-electron chi connectivity index (χ2n) is 26.9. The minimum atomic E-state index is -4.99. The Morgan fingerprint density at radius 3 is 0.779 bits per heavy atom. The summed E-state index contributed by atoms with van der Waals surface area (Å²) in [7, 11) is -9.98. The van der Waals surface area contributed by atoms with Gasteiger partial charge in [0.15, 0.2) is 12.2 Å². The van der Waals surface area contributed by atoms with Gasteiger partial charge in [0, 0.05) is 25.7 Å². The molecule has 0 saturated heterocycles. The quantitative estimate of drug-likeness (QED) is 0.0169. The van der Waals surface area contributed by atoms with Gasteiger partial charge in [0.1, 0.15) is 19.3 Å². The maximum Gasteiger partial charge on any atom is 0.472 e. The van der Waals surface area contributed by atoms with E-state index in [1.54, 1.807) is 0 Å². The van der Waals surface area contributed by atoms with Gasteiger partial charge < -0.3 is 33.8 Å². The topological polar surface area (TPSA) is 237 Å². The van der Waals surface area contributed by atoms with Gasteiger partial charge in [-0.3, -0.25) is 37.3 Å². The largest absolute Gasteiger partial charge is 0.472 e. The molecule has 0 aliphatic heterocycles. The van der Waals surface area contributed by atoms with E-state index in [0.29, 0.717) is 25.7 Å². The fourth-order valence-corrected chi connectivity index (χ4v) is 12.3. The zero-order chi connectivity index (χ0) is 76.0. The number of aliphatic hydroxyl groups excluding tert-OH is 1. The molecule has 3 N–H and O–H groups in total. The van der Waals surface area contributed by atoms with Gasteiger partial charge >= 0.3 is 39.5 Å². The summed E-state index contributed by atoms with van der Waals surface area (Å²) >= 11 is 0. The Labute approximate surface area is 632 Å². The Kier molecular flexibility index (Phi) is 73.3. The third-order valence-electron chi connectivity index (χ3n) is 16.9. The molecule has 598 valence electrons. The number of allylic oxidation sites excluding steroid dienone is 20. The van der Waals surface area contributed by atoms with Crippen molar-refractivity contribution in [3.8, 4) is 0 Å². The molecule has 0 aliphatic carbocycles. The van der Waals surface area contributed by atoms with E-state index in [4.69, 9.17) is 37.0 Å². The lowest BCUT2D eigenvalue weighted by atomic mass is 10.1. The molecule has 0 aliphatic rings. The molecule has 0 spiro atoms. The Morgan fingerprint density at radius 2 is 0.500 bits per heavy atom. The first-order chi connectivity index (χ1) is 50.7. The van der Waals surface area contributed by atoms with Crippen molar-refractivity contribution in [2.75, 3.05) is 39.6 Å². The Hall–Kier alpha value is -4.54. The summed E-state index contributed by atoms with van der Waals surface area (Å²) in [5.74, 6) is -2.24. The van der Waals surface area contributed by atoms with Crippen molar-refractivity contribution in [2.24, 2.45) is 0 Å². The van der Waals surface area contributed by atoms with Crippen LogP contribution in [0.15, 0.2) is 122 Å². The van der Waals surface area contributed by atoms with Crippen molar-refractivity contribution in [1.29, 1.82) is 0 Å².